The summed E-state index contributed by atoms with van der Waals surface area (Å²) in [5.41, 5.74) is 3.54. The topological polar surface area (TPSA) is 34.9 Å². The normalized spacial score (nSPS) is 10.9. The van der Waals surface area contributed by atoms with Crippen molar-refractivity contribution in [2.75, 3.05) is 0 Å². The summed E-state index contributed by atoms with van der Waals surface area (Å²) in [4.78, 5) is 17.9. The van der Waals surface area contributed by atoms with E-state index in [1.807, 2.05) is 79.7 Å². The zero-order valence-electron chi connectivity index (χ0n) is 13.3. The highest BCUT2D eigenvalue weighted by atomic mass is 16.1. The lowest BCUT2D eigenvalue weighted by atomic mass is 10.1. The third-order valence-electron chi connectivity index (χ3n) is 4.07. The molecule has 3 heteroatoms. The molecule has 0 radical (unpaired) electrons. The van der Waals surface area contributed by atoms with E-state index in [-0.39, 0.29) is 5.56 Å². The van der Waals surface area contributed by atoms with Crippen LogP contribution in [0.4, 0.5) is 0 Å². The fourth-order valence-corrected chi connectivity index (χ4v) is 2.93. The number of para-hydroxylation sites is 2. The SMILES string of the molecule is Cc1cccc(-c2nc3ccccc3c(=O)n2-c2ccccc2)c1. The highest BCUT2D eigenvalue weighted by molar-refractivity contribution is 5.80. The Kier molecular flexibility index (Phi) is 3.47. The molecule has 1 aromatic heterocycles. The molecule has 0 saturated carbocycles. The Labute approximate surface area is 139 Å². The number of hydrogen-bond acceptors (Lipinski definition) is 2. The molecule has 1 heterocycles. The summed E-state index contributed by atoms with van der Waals surface area (Å²) in [6.07, 6.45) is 0. The van der Waals surface area contributed by atoms with Gasteiger partial charge in [0.25, 0.3) is 5.56 Å². The lowest BCUT2D eigenvalue weighted by Gasteiger charge is -2.14. The first-order chi connectivity index (χ1) is 11.7. The van der Waals surface area contributed by atoms with E-state index in [9.17, 15) is 4.79 Å². The summed E-state index contributed by atoms with van der Waals surface area (Å²) in [5.74, 6) is 0.661. The van der Waals surface area contributed by atoms with E-state index in [1.165, 1.54) is 0 Å². The maximum atomic E-state index is 13.1. The van der Waals surface area contributed by atoms with E-state index in [1.54, 1.807) is 4.57 Å². The van der Waals surface area contributed by atoms with Crippen LogP contribution in [0.1, 0.15) is 5.56 Å². The van der Waals surface area contributed by atoms with Gasteiger partial charge in [-0.2, -0.15) is 0 Å². The summed E-state index contributed by atoms with van der Waals surface area (Å²) < 4.78 is 1.69. The number of nitrogens with zero attached hydrogens (tertiary/aromatic N) is 2. The molecule has 0 unspecified atom stereocenters. The maximum Gasteiger partial charge on any atom is 0.266 e. The quantitative estimate of drug-likeness (QED) is 0.551. The van der Waals surface area contributed by atoms with Crippen LogP contribution in [0.25, 0.3) is 28.0 Å². The molecular weight excluding hydrogens is 296 g/mol. The van der Waals surface area contributed by atoms with Gasteiger partial charge in [0.15, 0.2) is 0 Å². The van der Waals surface area contributed by atoms with Gasteiger partial charge < -0.3 is 0 Å². The second kappa shape index (κ2) is 5.78. The first-order valence-corrected chi connectivity index (χ1v) is 7.88. The second-order valence-electron chi connectivity index (χ2n) is 5.80. The van der Waals surface area contributed by atoms with Gasteiger partial charge in [0, 0.05) is 5.56 Å². The molecule has 24 heavy (non-hydrogen) atoms. The monoisotopic (exact) mass is 312 g/mol. The van der Waals surface area contributed by atoms with Crippen LogP contribution >= 0.6 is 0 Å². The van der Waals surface area contributed by atoms with Crippen LogP contribution in [-0.4, -0.2) is 9.55 Å². The number of aromatic nitrogens is 2. The van der Waals surface area contributed by atoms with Gasteiger partial charge >= 0.3 is 0 Å². The molecule has 0 spiro atoms. The zero-order chi connectivity index (χ0) is 16.5. The fraction of sp³-hybridized carbons (Fsp3) is 0.0476. The van der Waals surface area contributed by atoms with Crippen molar-refractivity contribution in [2.45, 2.75) is 6.92 Å². The summed E-state index contributed by atoms with van der Waals surface area (Å²) in [6.45, 7) is 2.04. The van der Waals surface area contributed by atoms with E-state index < -0.39 is 0 Å². The molecule has 116 valence electrons. The Morgan fingerprint density at radius 1 is 0.833 bits per heavy atom. The van der Waals surface area contributed by atoms with Crippen molar-refractivity contribution >= 4 is 10.9 Å². The number of hydrogen-bond donors (Lipinski definition) is 0. The van der Waals surface area contributed by atoms with Crippen molar-refractivity contribution in [2.24, 2.45) is 0 Å². The molecule has 0 saturated heterocycles. The molecule has 0 bridgehead atoms. The van der Waals surface area contributed by atoms with Crippen molar-refractivity contribution in [1.29, 1.82) is 0 Å². The lowest BCUT2D eigenvalue weighted by molar-refractivity contribution is 0.975. The molecule has 0 aliphatic rings. The van der Waals surface area contributed by atoms with Crippen molar-refractivity contribution < 1.29 is 0 Å². The largest absolute Gasteiger partial charge is 0.268 e. The first kappa shape index (κ1) is 14.4. The molecule has 0 atom stereocenters. The number of aryl methyl sites for hydroxylation is 1. The maximum absolute atomic E-state index is 13.1. The molecule has 0 aliphatic heterocycles. The number of fused-ring (bicyclic) bond motifs is 1. The average molecular weight is 312 g/mol. The van der Waals surface area contributed by atoms with E-state index in [0.717, 1.165) is 16.8 Å². The third-order valence-corrected chi connectivity index (χ3v) is 4.07. The van der Waals surface area contributed by atoms with Crippen molar-refractivity contribution in [3.8, 4) is 17.1 Å². The van der Waals surface area contributed by atoms with Gasteiger partial charge in [-0.1, -0.05) is 54.1 Å². The molecule has 0 amide bonds. The Hall–Kier alpha value is -3.20. The van der Waals surface area contributed by atoms with Crippen molar-refractivity contribution in [3.05, 3.63) is 94.8 Å². The standard InChI is InChI=1S/C21H16N2O/c1-15-8-7-9-16(14-15)20-22-19-13-6-5-12-18(19)21(24)23(20)17-10-3-2-4-11-17/h2-14H,1H3. The first-order valence-electron chi connectivity index (χ1n) is 7.88. The lowest BCUT2D eigenvalue weighted by Crippen LogP contribution is -2.21. The van der Waals surface area contributed by atoms with Crippen LogP contribution in [0.2, 0.25) is 0 Å². The predicted molar refractivity (Wildman–Crippen MR) is 97.5 cm³/mol. The smallest absolute Gasteiger partial charge is 0.266 e. The van der Waals surface area contributed by atoms with E-state index in [0.29, 0.717) is 16.7 Å². The van der Waals surface area contributed by atoms with Crippen molar-refractivity contribution in [1.82, 2.24) is 9.55 Å². The number of benzene rings is 3. The van der Waals surface area contributed by atoms with Gasteiger partial charge in [0.05, 0.1) is 16.6 Å². The molecule has 0 fully saturated rings. The van der Waals surface area contributed by atoms with Gasteiger partial charge in [0.2, 0.25) is 0 Å². The van der Waals surface area contributed by atoms with E-state index in [2.05, 4.69) is 6.07 Å². The summed E-state index contributed by atoms with van der Waals surface area (Å²) in [7, 11) is 0. The third kappa shape index (κ3) is 2.40. The predicted octanol–water partition coefficient (Wildman–Crippen LogP) is 4.36. The van der Waals surface area contributed by atoms with E-state index in [4.69, 9.17) is 4.98 Å². The minimum absolute atomic E-state index is 0.0525. The Balaban J connectivity index is 2.13. The summed E-state index contributed by atoms with van der Waals surface area (Å²) in [5, 5.41) is 0.623. The minimum atomic E-state index is -0.0525. The van der Waals surface area contributed by atoms with Gasteiger partial charge in [-0.15, -0.1) is 0 Å². The molecule has 4 aromatic rings. The fourth-order valence-electron chi connectivity index (χ4n) is 2.93. The number of rotatable bonds is 2. The highest BCUT2D eigenvalue weighted by Gasteiger charge is 2.14. The van der Waals surface area contributed by atoms with Crippen LogP contribution in [0, 0.1) is 6.92 Å². The van der Waals surface area contributed by atoms with Crippen LogP contribution in [0.3, 0.4) is 0 Å². The van der Waals surface area contributed by atoms with E-state index >= 15 is 0 Å². The van der Waals surface area contributed by atoms with Crippen LogP contribution in [0.15, 0.2) is 83.7 Å². The molecule has 4 rings (SSSR count). The Morgan fingerprint density at radius 3 is 2.38 bits per heavy atom. The van der Waals surface area contributed by atoms with Crippen LogP contribution in [0.5, 0.6) is 0 Å². The van der Waals surface area contributed by atoms with Gasteiger partial charge in [-0.25, -0.2) is 4.98 Å². The van der Waals surface area contributed by atoms with Crippen LogP contribution in [-0.2, 0) is 0 Å². The summed E-state index contributed by atoms with van der Waals surface area (Å²) in [6, 6.07) is 25.2. The Bertz CT molecular complexity index is 1080. The molecule has 0 N–H and O–H groups in total. The molecule has 3 aromatic carbocycles. The highest BCUT2D eigenvalue weighted by Crippen LogP contribution is 2.22. The van der Waals surface area contributed by atoms with Gasteiger partial charge in [-0.05, 0) is 37.3 Å². The molecule has 0 aliphatic carbocycles. The minimum Gasteiger partial charge on any atom is -0.268 e. The van der Waals surface area contributed by atoms with Gasteiger partial charge in [0.1, 0.15) is 5.82 Å². The molecule has 3 nitrogen and oxygen atoms in total. The Morgan fingerprint density at radius 2 is 1.58 bits per heavy atom. The zero-order valence-corrected chi connectivity index (χ0v) is 13.3. The van der Waals surface area contributed by atoms with Gasteiger partial charge in [-0.3, -0.25) is 9.36 Å². The second-order valence-corrected chi connectivity index (χ2v) is 5.80. The average Bonchev–Trinajstić information content (AvgIpc) is 2.62. The van der Waals surface area contributed by atoms with Crippen molar-refractivity contribution in [3.63, 3.8) is 0 Å². The molecular formula is C21H16N2O. The van der Waals surface area contributed by atoms with Crippen LogP contribution < -0.4 is 5.56 Å². The summed E-state index contributed by atoms with van der Waals surface area (Å²) >= 11 is 0.